The number of hydrogen-bond acceptors (Lipinski definition) is 4. The molecular formula is C11H16BrN3O2. The predicted molar refractivity (Wildman–Crippen MR) is 66.6 cm³/mol. The van der Waals surface area contributed by atoms with E-state index in [1.54, 1.807) is 13.2 Å². The first-order valence-electron chi connectivity index (χ1n) is 5.58. The molecule has 0 aromatic carbocycles. The Morgan fingerprint density at radius 3 is 3.06 bits per heavy atom. The average molecular weight is 302 g/mol. The van der Waals surface area contributed by atoms with E-state index in [0.717, 1.165) is 17.3 Å². The number of carbonyl (C=O) groups excluding carboxylic acids is 1. The number of ether oxygens (including phenoxy) is 1. The summed E-state index contributed by atoms with van der Waals surface area (Å²) >= 11 is 3.38. The quantitative estimate of drug-likeness (QED) is 0.860. The van der Waals surface area contributed by atoms with Crippen LogP contribution in [-0.2, 0) is 9.53 Å². The molecule has 5 nitrogen and oxygen atoms in total. The third-order valence-electron chi connectivity index (χ3n) is 3.49. The largest absolute Gasteiger partial charge is 0.468 e. The monoisotopic (exact) mass is 301 g/mol. The number of likely N-dealkylation sites (N-methyl/N-ethyl adjacent to an activating group) is 1. The third kappa shape index (κ3) is 2.24. The fourth-order valence-electron chi connectivity index (χ4n) is 2.47. The van der Waals surface area contributed by atoms with Crippen molar-refractivity contribution in [3.05, 3.63) is 16.9 Å². The predicted octanol–water partition coefficient (Wildman–Crippen LogP) is 1.50. The highest BCUT2D eigenvalue weighted by Crippen LogP contribution is 2.38. The van der Waals surface area contributed by atoms with Gasteiger partial charge >= 0.3 is 5.97 Å². The first-order chi connectivity index (χ1) is 8.11. The molecule has 2 rings (SSSR count). The molecule has 0 radical (unpaired) electrons. The van der Waals surface area contributed by atoms with Gasteiger partial charge in [0.05, 0.1) is 23.8 Å². The van der Waals surface area contributed by atoms with E-state index in [1.165, 1.54) is 7.11 Å². The number of esters is 1. The van der Waals surface area contributed by atoms with Gasteiger partial charge in [-0.1, -0.05) is 0 Å². The van der Waals surface area contributed by atoms with Crippen LogP contribution >= 0.6 is 15.9 Å². The van der Waals surface area contributed by atoms with Gasteiger partial charge in [-0.25, -0.2) is 0 Å². The number of halogens is 1. The minimum absolute atomic E-state index is 0.186. The van der Waals surface area contributed by atoms with Gasteiger partial charge in [0.1, 0.15) is 5.54 Å². The standard InChI is InChI=1S/C11H16BrN3O2/c1-13-11(10(16)17-2)4-3-9(5-11)15-7-8(12)6-14-15/h6-7,9,13H,3-5H2,1-2H3. The van der Waals surface area contributed by atoms with Gasteiger partial charge in [0, 0.05) is 6.20 Å². The van der Waals surface area contributed by atoms with Crippen LogP contribution in [0.15, 0.2) is 16.9 Å². The highest BCUT2D eigenvalue weighted by molar-refractivity contribution is 9.10. The molecule has 17 heavy (non-hydrogen) atoms. The Bertz CT molecular complexity index is 421. The second-order valence-electron chi connectivity index (χ2n) is 4.36. The van der Waals surface area contributed by atoms with Gasteiger partial charge in [-0.2, -0.15) is 5.10 Å². The number of aromatic nitrogens is 2. The Morgan fingerprint density at radius 1 is 1.76 bits per heavy atom. The van der Waals surface area contributed by atoms with Gasteiger partial charge < -0.3 is 10.1 Å². The number of methoxy groups -OCH3 is 1. The maximum absolute atomic E-state index is 11.8. The second kappa shape index (κ2) is 4.78. The minimum Gasteiger partial charge on any atom is -0.468 e. The first kappa shape index (κ1) is 12.6. The van der Waals surface area contributed by atoms with Crippen LogP contribution in [0.25, 0.3) is 0 Å². The molecule has 1 fully saturated rings. The van der Waals surface area contributed by atoms with Crippen molar-refractivity contribution in [2.24, 2.45) is 0 Å². The first-order valence-corrected chi connectivity index (χ1v) is 6.37. The number of rotatable bonds is 3. The summed E-state index contributed by atoms with van der Waals surface area (Å²) in [6.07, 6.45) is 6.11. The Balaban J connectivity index is 2.15. The van der Waals surface area contributed by atoms with Crippen molar-refractivity contribution in [2.45, 2.75) is 30.8 Å². The molecule has 6 heteroatoms. The summed E-state index contributed by atoms with van der Waals surface area (Å²) in [5.41, 5.74) is -0.558. The summed E-state index contributed by atoms with van der Waals surface area (Å²) in [7, 11) is 3.23. The lowest BCUT2D eigenvalue weighted by molar-refractivity contribution is -0.148. The molecule has 1 saturated carbocycles. The Labute approximate surface area is 109 Å². The van der Waals surface area contributed by atoms with Crippen molar-refractivity contribution in [1.29, 1.82) is 0 Å². The summed E-state index contributed by atoms with van der Waals surface area (Å²) in [6, 6.07) is 0.243. The molecular weight excluding hydrogens is 286 g/mol. The van der Waals surface area contributed by atoms with Crippen molar-refractivity contribution in [2.75, 3.05) is 14.2 Å². The maximum Gasteiger partial charge on any atom is 0.326 e. The highest BCUT2D eigenvalue weighted by atomic mass is 79.9. The van der Waals surface area contributed by atoms with Gasteiger partial charge in [-0.05, 0) is 42.2 Å². The molecule has 1 N–H and O–H groups in total. The van der Waals surface area contributed by atoms with Crippen molar-refractivity contribution in [3.8, 4) is 0 Å². The van der Waals surface area contributed by atoms with Crippen LogP contribution in [0, 0.1) is 0 Å². The lowest BCUT2D eigenvalue weighted by Crippen LogP contribution is -2.49. The van der Waals surface area contributed by atoms with Crippen molar-refractivity contribution in [3.63, 3.8) is 0 Å². The van der Waals surface area contributed by atoms with Crippen molar-refractivity contribution in [1.82, 2.24) is 15.1 Å². The molecule has 0 saturated heterocycles. The van der Waals surface area contributed by atoms with Crippen molar-refractivity contribution < 1.29 is 9.53 Å². The third-order valence-corrected chi connectivity index (χ3v) is 3.90. The van der Waals surface area contributed by atoms with Gasteiger partial charge in [0.2, 0.25) is 0 Å². The van der Waals surface area contributed by atoms with Crippen LogP contribution in [0.1, 0.15) is 25.3 Å². The van der Waals surface area contributed by atoms with Crippen LogP contribution in [0.5, 0.6) is 0 Å². The topological polar surface area (TPSA) is 56.1 Å². The van der Waals surface area contributed by atoms with Crippen LogP contribution in [0.4, 0.5) is 0 Å². The Kier molecular flexibility index (Phi) is 3.53. The molecule has 0 bridgehead atoms. The summed E-state index contributed by atoms with van der Waals surface area (Å²) < 4.78 is 7.74. The molecule has 1 aliphatic carbocycles. The molecule has 1 heterocycles. The fourth-order valence-corrected chi connectivity index (χ4v) is 2.77. The normalized spacial score (nSPS) is 28.3. The zero-order valence-corrected chi connectivity index (χ0v) is 11.5. The van der Waals surface area contributed by atoms with Gasteiger partial charge in [0.15, 0.2) is 0 Å². The van der Waals surface area contributed by atoms with E-state index in [0.29, 0.717) is 6.42 Å². The molecule has 2 atom stereocenters. The number of nitrogens with zero attached hydrogens (tertiary/aromatic N) is 2. The zero-order chi connectivity index (χ0) is 12.5. The molecule has 1 aromatic rings. The van der Waals surface area contributed by atoms with Crippen LogP contribution < -0.4 is 5.32 Å². The van der Waals surface area contributed by atoms with Crippen molar-refractivity contribution >= 4 is 21.9 Å². The van der Waals surface area contributed by atoms with Crippen LogP contribution in [-0.4, -0.2) is 35.4 Å². The zero-order valence-electron chi connectivity index (χ0n) is 9.94. The molecule has 1 aromatic heterocycles. The SMILES string of the molecule is CNC1(C(=O)OC)CCC(n2cc(Br)cn2)C1. The molecule has 1 aliphatic rings. The Morgan fingerprint density at radius 2 is 2.53 bits per heavy atom. The number of nitrogens with one attached hydrogen (secondary N) is 1. The molecule has 0 aliphatic heterocycles. The second-order valence-corrected chi connectivity index (χ2v) is 5.27. The molecule has 0 spiro atoms. The van der Waals surface area contributed by atoms with E-state index >= 15 is 0 Å². The summed E-state index contributed by atoms with van der Waals surface area (Å²) in [5.74, 6) is -0.186. The highest BCUT2D eigenvalue weighted by Gasteiger charge is 2.45. The van der Waals surface area contributed by atoms with E-state index in [9.17, 15) is 4.79 Å². The van der Waals surface area contributed by atoms with E-state index in [4.69, 9.17) is 4.74 Å². The van der Waals surface area contributed by atoms with Gasteiger partial charge in [0.25, 0.3) is 0 Å². The lowest BCUT2D eigenvalue weighted by atomic mass is 9.98. The van der Waals surface area contributed by atoms with E-state index in [2.05, 4.69) is 26.3 Å². The van der Waals surface area contributed by atoms with E-state index in [-0.39, 0.29) is 12.0 Å². The smallest absolute Gasteiger partial charge is 0.326 e. The fraction of sp³-hybridized carbons (Fsp3) is 0.636. The Hall–Kier alpha value is -0.880. The average Bonchev–Trinajstić information content (AvgIpc) is 2.94. The van der Waals surface area contributed by atoms with Crippen LogP contribution in [0.3, 0.4) is 0 Å². The maximum atomic E-state index is 11.8. The number of hydrogen-bond donors (Lipinski definition) is 1. The molecule has 2 unspecified atom stereocenters. The summed E-state index contributed by atoms with van der Waals surface area (Å²) in [5, 5.41) is 7.38. The number of carbonyl (C=O) groups is 1. The van der Waals surface area contributed by atoms with E-state index < -0.39 is 5.54 Å². The molecule has 94 valence electrons. The van der Waals surface area contributed by atoms with Gasteiger partial charge in [-0.15, -0.1) is 0 Å². The van der Waals surface area contributed by atoms with Gasteiger partial charge in [-0.3, -0.25) is 9.48 Å². The lowest BCUT2D eigenvalue weighted by Gasteiger charge is -2.25. The summed E-state index contributed by atoms with van der Waals surface area (Å²) in [4.78, 5) is 11.8. The molecule has 0 amide bonds. The summed E-state index contributed by atoms with van der Waals surface area (Å²) in [6.45, 7) is 0. The minimum atomic E-state index is -0.558. The van der Waals surface area contributed by atoms with E-state index in [1.807, 2.05) is 10.9 Å². The van der Waals surface area contributed by atoms with Crippen LogP contribution in [0.2, 0.25) is 0 Å².